The average Bonchev–Trinajstić information content (AvgIpc) is 3.40. The standard InChI is InChI=1S/C22H19N5O4/c28-22(15-3-6-17(7-4-15)27(29)30)23-16-5-8-20-19(12-16)24-21-14-25(9-10-26(20)21)13-18-2-1-11-31-18/h1-8,11-12H,9-10,13-14H2,(H,23,28). The molecule has 0 spiro atoms. The number of carbonyl (C=O) groups excluding carboxylic acids is 1. The van der Waals surface area contributed by atoms with E-state index >= 15 is 0 Å². The molecule has 2 aromatic carbocycles. The average molecular weight is 417 g/mol. The van der Waals surface area contributed by atoms with Crippen molar-refractivity contribution in [2.45, 2.75) is 19.6 Å². The van der Waals surface area contributed by atoms with Crippen LogP contribution in [0, 0.1) is 10.1 Å². The van der Waals surface area contributed by atoms with Gasteiger partial charge in [0.2, 0.25) is 0 Å². The number of aromatic nitrogens is 2. The molecule has 0 atom stereocenters. The van der Waals surface area contributed by atoms with Crippen LogP contribution in [0.2, 0.25) is 0 Å². The number of carbonyl (C=O) groups is 1. The highest BCUT2D eigenvalue weighted by Gasteiger charge is 2.21. The Morgan fingerprint density at radius 3 is 2.74 bits per heavy atom. The van der Waals surface area contributed by atoms with Crippen molar-refractivity contribution in [3.63, 3.8) is 0 Å². The second-order valence-electron chi connectivity index (χ2n) is 7.43. The van der Waals surface area contributed by atoms with Crippen molar-refractivity contribution in [1.29, 1.82) is 0 Å². The summed E-state index contributed by atoms with van der Waals surface area (Å²) in [4.78, 5) is 29.8. The predicted octanol–water partition coefficient (Wildman–Crippen LogP) is 3.81. The molecular formula is C22H19N5O4. The number of nitro groups is 1. The zero-order valence-corrected chi connectivity index (χ0v) is 16.5. The van der Waals surface area contributed by atoms with E-state index in [1.54, 1.807) is 6.26 Å². The van der Waals surface area contributed by atoms with E-state index in [1.807, 2.05) is 30.3 Å². The number of rotatable bonds is 5. The third-order valence-electron chi connectivity index (χ3n) is 5.39. The maximum atomic E-state index is 12.5. The van der Waals surface area contributed by atoms with E-state index in [1.165, 1.54) is 24.3 Å². The first-order chi connectivity index (χ1) is 15.1. The number of fused-ring (bicyclic) bond motifs is 3. The molecule has 1 aliphatic rings. The molecule has 9 heteroatoms. The van der Waals surface area contributed by atoms with Crippen LogP contribution >= 0.6 is 0 Å². The Balaban J connectivity index is 1.32. The van der Waals surface area contributed by atoms with E-state index in [4.69, 9.17) is 9.40 Å². The first-order valence-electron chi connectivity index (χ1n) is 9.86. The Morgan fingerprint density at radius 1 is 1.16 bits per heavy atom. The summed E-state index contributed by atoms with van der Waals surface area (Å²) in [6, 6.07) is 15.0. The maximum Gasteiger partial charge on any atom is 0.269 e. The highest BCUT2D eigenvalue weighted by atomic mass is 16.6. The van der Waals surface area contributed by atoms with Crippen LogP contribution in [0.25, 0.3) is 11.0 Å². The monoisotopic (exact) mass is 417 g/mol. The lowest BCUT2D eigenvalue weighted by atomic mass is 10.2. The molecule has 156 valence electrons. The van der Waals surface area contributed by atoms with Gasteiger partial charge < -0.3 is 14.3 Å². The Kier molecular flexibility index (Phi) is 4.72. The summed E-state index contributed by atoms with van der Waals surface area (Å²) >= 11 is 0. The topological polar surface area (TPSA) is 106 Å². The molecule has 0 unspecified atom stereocenters. The van der Waals surface area contributed by atoms with Crippen molar-refractivity contribution in [2.75, 3.05) is 11.9 Å². The molecular weight excluding hydrogens is 398 g/mol. The number of nitro benzene ring substituents is 1. The van der Waals surface area contributed by atoms with E-state index in [-0.39, 0.29) is 11.6 Å². The minimum atomic E-state index is -0.494. The zero-order valence-electron chi connectivity index (χ0n) is 16.5. The van der Waals surface area contributed by atoms with Crippen molar-refractivity contribution < 1.29 is 14.1 Å². The molecule has 1 aliphatic heterocycles. The molecule has 1 N–H and O–H groups in total. The van der Waals surface area contributed by atoms with Gasteiger partial charge in [0.15, 0.2) is 0 Å². The molecule has 0 saturated heterocycles. The van der Waals surface area contributed by atoms with Crippen LogP contribution in [0.4, 0.5) is 11.4 Å². The summed E-state index contributed by atoms with van der Waals surface area (Å²) < 4.78 is 7.65. The van der Waals surface area contributed by atoms with Gasteiger partial charge in [-0.3, -0.25) is 19.8 Å². The lowest BCUT2D eigenvalue weighted by Crippen LogP contribution is -2.33. The molecule has 9 nitrogen and oxygen atoms in total. The van der Waals surface area contributed by atoms with Crippen LogP contribution in [-0.4, -0.2) is 31.8 Å². The zero-order chi connectivity index (χ0) is 21.4. The third-order valence-corrected chi connectivity index (χ3v) is 5.39. The molecule has 0 aliphatic carbocycles. The highest BCUT2D eigenvalue weighted by Crippen LogP contribution is 2.25. The van der Waals surface area contributed by atoms with Crippen LogP contribution < -0.4 is 5.32 Å². The fourth-order valence-electron chi connectivity index (χ4n) is 3.84. The first-order valence-corrected chi connectivity index (χ1v) is 9.86. The molecule has 0 fully saturated rings. The van der Waals surface area contributed by atoms with Gasteiger partial charge in [0.05, 0.1) is 35.3 Å². The fourth-order valence-corrected chi connectivity index (χ4v) is 3.84. The van der Waals surface area contributed by atoms with E-state index in [0.717, 1.165) is 48.8 Å². The first kappa shape index (κ1) is 19.0. The predicted molar refractivity (Wildman–Crippen MR) is 114 cm³/mol. The summed E-state index contributed by atoms with van der Waals surface area (Å²) in [5.74, 6) is 1.58. The lowest BCUT2D eigenvalue weighted by Gasteiger charge is -2.26. The van der Waals surface area contributed by atoms with E-state index in [0.29, 0.717) is 11.3 Å². The largest absolute Gasteiger partial charge is 0.468 e. The van der Waals surface area contributed by atoms with E-state index in [2.05, 4.69) is 14.8 Å². The summed E-state index contributed by atoms with van der Waals surface area (Å²) in [5.41, 5.74) is 2.77. The number of imidazole rings is 1. The molecule has 1 amide bonds. The van der Waals surface area contributed by atoms with Crippen molar-refractivity contribution in [3.05, 3.63) is 88.1 Å². The van der Waals surface area contributed by atoms with Crippen molar-refractivity contribution >= 4 is 28.3 Å². The van der Waals surface area contributed by atoms with Gasteiger partial charge in [0.1, 0.15) is 11.6 Å². The van der Waals surface area contributed by atoms with E-state index in [9.17, 15) is 14.9 Å². The smallest absolute Gasteiger partial charge is 0.269 e. The van der Waals surface area contributed by atoms with Crippen molar-refractivity contribution in [1.82, 2.24) is 14.5 Å². The Hall–Kier alpha value is -3.98. The number of nitrogens with one attached hydrogen (secondary N) is 1. The molecule has 2 aromatic heterocycles. The van der Waals surface area contributed by atoms with Crippen LogP contribution in [0.5, 0.6) is 0 Å². The molecule has 0 radical (unpaired) electrons. The number of nitrogens with zero attached hydrogens (tertiary/aromatic N) is 4. The van der Waals surface area contributed by atoms with Crippen molar-refractivity contribution in [3.8, 4) is 0 Å². The fraction of sp³-hybridized carbons (Fsp3) is 0.182. The SMILES string of the molecule is O=C(Nc1ccc2c(c1)nc1n2CCN(Cc2ccco2)C1)c1ccc([N+](=O)[O-])cc1. The van der Waals surface area contributed by atoms with Crippen LogP contribution in [0.1, 0.15) is 21.9 Å². The number of hydrogen-bond acceptors (Lipinski definition) is 6. The van der Waals surface area contributed by atoms with Gasteiger partial charge in [-0.15, -0.1) is 0 Å². The Labute approximate surface area is 177 Å². The minimum absolute atomic E-state index is 0.0531. The molecule has 0 saturated carbocycles. The summed E-state index contributed by atoms with van der Waals surface area (Å²) in [5, 5.41) is 13.6. The van der Waals surface area contributed by atoms with Crippen LogP contribution in [0.3, 0.4) is 0 Å². The quantitative estimate of drug-likeness (QED) is 0.391. The van der Waals surface area contributed by atoms with Gasteiger partial charge in [-0.05, 0) is 42.5 Å². The van der Waals surface area contributed by atoms with Gasteiger partial charge >= 0.3 is 0 Å². The summed E-state index contributed by atoms with van der Waals surface area (Å²) in [6.45, 7) is 3.20. The van der Waals surface area contributed by atoms with Crippen molar-refractivity contribution in [2.24, 2.45) is 0 Å². The molecule has 4 aromatic rings. The van der Waals surface area contributed by atoms with Gasteiger partial charge in [-0.2, -0.15) is 0 Å². The molecule has 3 heterocycles. The Morgan fingerprint density at radius 2 is 2.00 bits per heavy atom. The van der Waals surface area contributed by atoms with Crippen LogP contribution in [0.15, 0.2) is 65.3 Å². The number of amides is 1. The molecule has 5 rings (SSSR count). The van der Waals surface area contributed by atoms with Crippen LogP contribution in [-0.2, 0) is 19.6 Å². The molecule has 0 bridgehead atoms. The highest BCUT2D eigenvalue weighted by molar-refractivity contribution is 6.05. The van der Waals surface area contributed by atoms with Gasteiger partial charge in [-0.1, -0.05) is 0 Å². The number of hydrogen-bond donors (Lipinski definition) is 1. The third kappa shape index (κ3) is 3.78. The normalized spacial score (nSPS) is 13.8. The Bertz CT molecular complexity index is 1260. The second kappa shape index (κ2) is 7.69. The van der Waals surface area contributed by atoms with Gasteiger partial charge in [0.25, 0.3) is 11.6 Å². The van der Waals surface area contributed by atoms with Gasteiger partial charge in [0, 0.05) is 36.5 Å². The number of benzene rings is 2. The summed E-state index contributed by atoms with van der Waals surface area (Å²) in [6.07, 6.45) is 1.68. The number of furan rings is 1. The molecule has 31 heavy (non-hydrogen) atoms. The maximum absolute atomic E-state index is 12.5. The van der Waals surface area contributed by atoms with Gasteiger partial charge in [-0.25, -0.2) is 4.98 Å². The lowest BCUT2D eigenvalue weighted by molar-refractivity contribution is -0.384. The second-order valence-corrected chi connectivity index (χ2v) is 7.43. The van der Waals surface area contributed by atoms with E-state index < -0.39 is 4.92 Å². The minimum Gasteiger partial charge on any atom is -0.468 e. The number of anilines is 1. The summed E-state index contributed by atoms with van der Waals surface area (Å²) in [7, 11) is 0. The number of non-ortho nitro benzene ring substituents is 1.